The number of anilines is 2. The maximum absolute atomic E-state index is 13.5. The van der Waals surface area contributed by atoms with Gasteiger partial charge in [0, 0.05) is 56.2 Å². The zero-order chi connectivity index (χ0) is 27.2. The van der Waals surface area contributed by atoms with Crippen molar-refractivity contribution in [1.29, 1.82) is 0 Å². The quantitative estimate of drug-likeness (QED) is 0.483. The number of benzene rings is 2. The molecule has 1 fully saturated rings. The van der Waals surface area contributed by atoms with Gasteiger partial charge < -0.3 is 15.1 Å². The lowest BCUT2D eigenvalue weighted by molar-refractivity contribution is 0.0773. The molecular formula is C28H40N4O4S. The molecule has 37 heavy (non-hydrogen) atoms. The molecule has 1 aliphatic heterocycles. The van der Waals surface area contributed by atoms with Gasteiger partial charge in [0.1, 0.15) is 0 Å². The van der Waals surface area contributed by atoms with Crippen LogP contribution >= 0.6 is 0 Å². The van der Waals surface area contributed by atoms with Gasteiger partial charge in [0.25, 0.3) is 11.8 Å². The van der Waals surface area contributed by atoms with Crippen LogP contribution in [-0.4, -0.2) is 68.7 Å². The molecule has 9 heteroatoms. The van der Waals surface area contributed by atoms with Gasteiger partial charge >= 0.3 is 0 Å². The molecule has 2 amide bonds. The van der Waals surface area contributed by atoms with E-state index in [0.29, 0.717) is 48.9 Å². The molecule has 0 radical (unpaired) electrons. The Hall–Kier alpha value is -2.91. The number of nitrogens with zero attached hydrogens (tertiary/aromatic N) is 3. The van der Waals surface area contributed by atoms with Crippen molar-refractivity contribution in [2.24, 2.45) is 5.92 Å². The van der Waals surface area contributed by atoms with Gasteiger partial charge in [-0.1, -0.05) is 20.8 Å². The van der Waals surface area contributed by atoms with Crippen molar-refractivity contribution in [2.75, 3.05) is 49.5 Å². The molecular weight excluding hydrogens is 488 g/mol. The van der Waals surface area contributed by atoms with Crippen molar-refractivity contribution >= 4 is 33.2 Å². The zero-order valence-corrected chi connectivity index (χ0v) is 23.5. The van der Waals surface area contributed by atoms with E-state index in [4.69, 9.17) is 0 Å². The second-order valence-electron chi connectivity index (χ2n) is 9.45. The summed E-state index contributed by atoms with van der Waals surface area (Å²) in [6.07, 6.45) is 2.03. The first-order chi connectivity index (χ1) is 17.7. The van der Waals surface area contributed by atoms with Crippen LogP contribution in [-0.2, 0) is 10.0 Å². The molecule has 1 aliphatic rings. The monoisotopic (exact) mass is 528 g/mol. The van der Waals surface area contributed by atoms with Gasteiger partial charge in [0.05, 0.1) is 10.5 Å². The molecule has 3 rings (SSSR count). The maximum atomic E-state index is 13.5. The van der Waals surface area contributed by atoms with Crippen molar-refractivity contribution in [3.8, 4) is 0 Å². The zero-order valence-electron chi connectivity index (χ0n) is 22.7. The van der Waals surface area contributed by atoms with Gasteiger partial charge in [-0.15, -0.1) is 0 Å². The van der Waals surface area contributed by atoms with Crippen LogP contribution in [0.25, 0.3) is 0 Å². The summed E-state index contributed by atoms with van der Waals surface area (Å²) < 4.78 is 27.8. The van der Waals surface area contributed by atoms with Crippen LogP contribution in [0.15, 0.2) is 47.4 Å². The molecule has 0 atom stereocenters. The van der Waals surface area contributed by atoms with Crippen LogP contribution in [0.3, 0.4) is 0 Å². The SMILES string of the molecule is CCN(CC)C(=O)c1ccc(NC(=O)c2cc(S(=O)(=O)N(CC)CC)ccc2N2CCC(C)CC2)cc1. The van der Waals surface area contributed by atoms with E-state index < -0.39 is 10.0 Å². The number of rotatable bonds is 10. The van der Waals surface area contributed by atoms with Crippen LogP contribution in [0, 0.1) is 5.92 Å². The molecule has 8 nitrogen and oxygen atoms in total. The van der Waals surface area contributed by atoms with Crippen LogP contribution in [0.1, 0.15) is 68.2 Å². The first-order valence-corrected chi connectivity index (χ1v) is 14.7. The average Bonchev–Trinajstić information content (AvgIpc) is 2.90. The first kappa shape index (κ1) is 28.7. The highest BCUT2D eigenvalue weighted by Gasteiger charge is 2.27. The summed E-state index contributed by atoms with van der Waals surface area (Å²) in [6.45, 7) is 13.3. The molecule has 2 aromatic rings. The van der Waals surface area contributed by atoms with Crippen molar-refractivity contribution in [3.63, 3.8) is 0 Å². The third-order valence-electron chi connectivity index (χ3n) is 7.12. The molecule has 1 saturated heterocycles. The first-order valence-electron chi connectivity index (χ1n) is 13.3. The van der Waals surface area contributed by atoms with E-state index in [1.807, 2.05) is 13.8 Å². The maximum Gasteiger partial charge on any atom is 0.257 e. The van der Waals surface area contributed by atoms with Crippen molar-refractivity contribution in [1.82, 2.24) is 9.21 Å². The lowest BCUT2D eigenvalue weighted by atomic mass is 9.98. The Labute approximate surface area is 221 Å². The average molecular weight is 529 g/mol. The number of amides is 2. The molecule has 0 spiro atoms. The standard InChI is InChI=1S/C28H40N4O4S/c1-6-30(7-2)28(34)22-10-12-23(13-11-22)29-27(33)25-20-24(37(35,36)32(8-3)9-4)14-15-26(25)31-18-16-21(5)17-19-31/h10-15,20-21H,6-9,16-19H2,1-5H3,(H,29,33). The number of hydrogen-bond acceptors (Lipinski definition) is 5. The largest absolute Gasteiger partial charge is 0.371 e. The van der Waals surface area contributed by atoms with Crippen LogP contribution in [0.4, 0.5) is 11.4 Å². The highest BCUT2D eigenvalue weighted by molar-refractivity contribution is 7.89. The summed E-state index contributed by atoms with van der Waals surface area (Å²) in [7, 11) is -3.72. The molecule has 0 aliphatic carbocycles. The van der Waals surface area contributed by atoms with Gasteiger partial charge in [0.15, 0.2) is 0 Å². The van der Waals surface area contributed by atoms with Crippen LogP contribution < -0.4 is 10.2 Å². The molecule has 0 bridgehead atoms. The van der Waals surface area contributed by atoms with Crippen LogP contribution in [0.2, 0.25) is 0 Å². The topological polar surface area (TPSA) is 90.0 Å². The van der Waals surface area contributed by atoms with Gasteiger partial charge in [0.2, 0.25) is 10.0 Å². The number of sulfonamides is 1. The Morgan fingerprint density at radius 2 is 1.51 bits per heavy atom. The highest BCUT2D eigenvalue weighted by atomic mass is 32.2. The predicted octanol–water partition coefficient (Wildman–Crippen LogP) is 4.69. The van der Waals surface area contributed by atoms with E-state index in [9.17, 15) is 18.0 Å². The Kier molecular flexibility index (Phi) is 9.73. The molecule has 0 saturated carbocycles. The van der Waals surface area contributed by atoms with Gasteiger partial charge in [-0.05, 0) is 75.1 Å². The normalized spacial score (nSPS) is 14.6. The van der Waals surface area contributed by atoms with Crippen LogP contribution in [0.5, 0.6) is 0 Å². The van der Waals surface area contributed by atoms with Gasteiger partial charge in [-0.2, -0.15) is 4.31 Å². The summed E-state index contributed by atoms with van der Waals surface area (Å²) in [5.74, 6) is 0.181. The molecule has 1 N–H and O–H groups in total. The summed E-state index contributed by atoms with van der Waals surface area (Å²) in [6, 6.07) is 11.7. The Bertz CT molecular complexity index is 1180. The Morgan fingerprint density at radius 3 is 2.05 bits per heavy atom. The van der Waals surface area contributed by atoms with E-state index >= 15 is 0 Å². The van der Waals surface area contributed by atoms with E-state index in [-0.39, 0.29) is 16.7 Å². The number of hydrogen-bond donors (Lipinski definition) is 1. The predicted molar refractivity (Wildman–Crippen MR) is 149 cm³/mol. The molecule has 202 valence electrons. The van der Waals surface area contributed by atoms with E-state index in [0.717, 1.165) is 31.6 Å². The van der Waals surface area contributed by atoms with Crippen molar-refractivity contribution < 1.29 is 18.0 Å². The fourth-order valence-corrected chi connectivity index (χ4v) is 6.17. The minimum atomic E-state index is -3.72. The molecule has 0 aromatic heterocycles. The fraction of sp³-hybridized carbons (Fsp3) is 0.500. The Balaban J connectivity index is 1.93. The second kappa shape index (κ2) is 12.6. The van der Waals surface area contributed by atoms with Gasteiger partial charge in [-0.3, -0.25) is 9.59 Å². The lowest BCUT2D eigenvalue weighted by Gasteiger charge is -2.33. The number of piperidine rings is 1. The summed E-state index contributed by atoms with van der Waals surface area (Å²) in [5, 5.41) is 2.91. The molecule has 1 heterocycles. The third-order valence-corrected chi connectivity index (χ3v) is 9.17. The fourth-order valence-electron chi connectivity index (χ4n) is 4.68. The summed E-state index contributed by atoms with van der Waals surface area (Å²) in [5.41, 5.74) is 2.15. The summed E-state index contributed by atoms with van der Waals surface area (Å²) >= 11 is 0. The Morgan fingerprint density at radius 1 is 0.919 bits per heavy atom. The van der Waals surface area contributed by atoms with Crippen molar-refractivity contribution in [2.45, 2.75) is 52.4 Å². The van der Waals surface area contributed by atoms with E-state index in [2.05, 4.69) is 17.1 Å². The summed E-state index contributed by atoms with van der Waals surface area (Å²) in [4.78, 5) is 30.1. The number of nitrogens with one attached hydrogen (secondary N) is 1. The van der Waals surface area contributed by atoms with Gasteiger partial charge in [-0.25, -0.2) is 8.42 Å². The third kappa shape index (κ3) is 6.51. The van der Waals surface area contributed by atoms with Crippen molar-refractivity contribution in [3.05, 3.63) is 53.6 Å². The minimum absolute atomic E-state index is 0.0567. The lowest BCUT2D eigenvalue weighted by Crippen LogP contribution is -2.35. The number of carbonyl (C=O) groups is 2. The smallest absolute Gasteiger partial charge is 0.257 e. The minimum Gasteiger partial charge on any atom is -0.371 e. The molecule has 2 aromatic carbocycles. The molecule has 0 unspecified atom stereocenters. The second-order valence-corrected chi connectivity index (χ2v) is 11.4. The highest BCUT2D eigenvalue weighted by Crippen LogP contribution is 2.30. The van der Waals surface area contributed by atoms with E-state index in [1.165, 1.54) is 10.4 Å². The van der Waals surface area contributed by atoms with E-state index in [1.54, 1.807) is 55.1 Å². The number of carbonyl (C=O) groups excluding carboxylic acids is 2.